The maximum Gasteiger partial charge on any atom is 0.255 e. The van der Waals surface area contributed by atoms with Crippen LogP contribution in [-0.4, -0.2) is 40.7 Å². The zero-order chi connectivity index (χ0) is 26.4. The minimum atomic E-state index is -0.468. The molecule has 7 heteroatoms. The molecule has 192 valence electrons. The molecule has 0 saturated heterocycles. The van der Waals surface area contributed by atoms with Crippen LogP contribution in [0.3, 0.4) is 0 Å². The van der Waals surface area contributed by atoms with Crippen molar-refractivity contribution >= 4 is 28.4 Å². The van der Waals surface area contributed by atoms with E-state index in [2.05, 4.69) is 27.3 Å². The van der Waals surface area contributed by atoms with Gasteiger partial charge in [0.2, 0.25) is 5.91 Å². The molecule has 1 atom stereocenters. The van der Waals surface area contributed by atoms with Crippen LogP contribution in [0.25, 0.3) is 22.0 Å². The highest BCUT2D eigenvalue weighted by atomic mass is 16.5. The average Bonchev–Trinajstić information content (AvgIpc) is 3.21. The molecule has 1 aromatic heterocycles. The molecule has 0 unspecified atom stereocenters. The van der Waals surface area contributed by atoms with Crippen molar-refractivity contribution in [2.24, 2.45) is 7.05 Å². The lowest BCUT2D eigenvalue weighted by atomic mass is 10.0. The highest BCUT2D eigenvalue weighted by Gasteiger charge is 2.20. The van der Waals surface area contributed by atoms with Crippen LogP contribution in [0, 0.1) is 0 Å². The number of hydrogen-bond donors (Lipinski definition) is 3. The third kappa shape index (κ3) is 6.19. The first-order chi connectivity index (χ1) is 17.9. The summed E-state index contributed by atoms with van der Waals surface area (Å²) in [7, 11) is 1.99. The summed E-state index contributed by atoms with van der Waals surface area (Å²) in [4.78, 5) is 25.0. The van der Waals surface area contributed by atoms with Crippen LogP contribution in [0.2, 0.25) is 0 Å². The Kier molecular flexibility index (Phi) is 8.25. The number of fused-ring (bicyclic) bond motifs is 1. The van der Waals surface area contributed by atoms with Crippen molar-refractivity contribution in [1.29, 1.82) is 0 Å². The van der Waals surface area contributed by atoms with Crippen LogP contribution in [0.15, 0.2) is 72.9 Å². The summed E-state index contributed by atoms with van der Waals surface area (Å²) >= 11 is 0. The topological polar surface area (TPSA) is 92.6 Å². The van der Waals surface area contributed by atoms with Crippen molar-refractivity contribution in [3.63, 3.8) is 0 Å². The van der Waals surface area contributed by atoms with E-state index in [9.17, 15) is 14.7 Å². The number of aliphatic hydroxyl groups is 1. The first-order valence-electron chi connectivity index (χ1n) is 12.5. The Balaban J connectivity index is 1.61. The van der Waals surface area contributed by atoms with Crippen LogP contribution in [0.1, 0.15) is 36.2 Å². The van der Waals surface area contributed by atoms with Crippen LogP contribution in [0.5, 0.6) is 5.75 Å². The number of aliphatic hydroxyl groups excluding tert-OH is 1. The van der Waals surface area contributed by atoms with Gasteiger partial charge in [0.05, 0.1) is 24.8 Å². The fourth-order valence-electron chi connectivity index (χ4n) is 4.48. The van der Waals surface area contributed by atoms with Gasteiger partial charge in [0.15, 0.2) is 0 Å². The lowest BCUT2D eigenvalue weighted by Gasteiger charge is -2.18. The lowest BCUT2D eigenvalue weighted by Crippen LogP contribution is -2.39. The molecule has 0 bridgehead atoms. The van der Waals surface area contributed by atoms with Gasteiger partial charge in [-0.15, -0.1) is 0 Å². The SMILES string of the molecule is CCCOc1ccc(-c2cccc(NC(C)=O)c2)cc1C(=O)N[C@@H](CO)Cc1cn(C)c2ccccc12. The van der Waals surface area contributed by atoms with Gasteiger partial charge in [-0.05, 0) is 59.9 Å². The normalized spacial score (nSPS) is 11.8. The predicted molar refractivity (Wildman–Crippen MR) is 147 cm³/mol. The fraction of sp³-hybridized carbons (Fsp3) is 0.267. The highest BCUT2D eigenvalue weighted by molar-refractivity contribution is 5.98. The summed E-state index contributed by atoms with van der Waals surface area (Å²) in [5.41, 5.74) is 4.91. The molecule has 0 aliphatic heterocycles. The minimum Gasteiger partial charge on any atom is -0.493 e. The van der Waals surface area contributed by atoms with Crippen LogP contribution in [0.4, 0.5) is 5.69 Å². The summed E-state index contributed by atoms with van der Waals surface area (Å²) in [5, 5.41) is 17.0. The molecule has 3 N–H and O–H groups in total. The molecule has 3 aromatic carbocycles. The Bertz CT molecular complexity index is 1410. The molecule has 7 nitrogen and oxygen atoms in total. The van der Waals surface area contributed by atoms with Crippen molar-refractivity contribution in [3.05, 3.63) is 84.1 Å². The van der Waals surface area contributed by atoms with E-state index in [0.717, 1.165) is 34.0 Å². The number of aromatic nitrogens is 1. The molecular weight excluding hydrogens is 466 g/mol. The number of hydrogen-bond acceptors (Lipinski definition) is 4. The summed E-state index contributed by atoms with van der Waals surface area (Å²) < 4.78 is 7.94. The number of nitrogens with one attached hydrogen (secondary N) is 2. The number of carbonyl (C=O) groups excluding carboxylic acids is 2. The second-order valence-corrected chi connectivity index (χ2v) is 9.16. The van der Waals surface area contributed by atoms with E-state index >= 15 is 0 Å². The van der Waals surface area contributed by atoms with E-state index in [1.54, 1.807) is 12.1 Å². The third-order valence-electron chi connectivity index (χ3n) is 6.20. The molecule has 4 rings (SSSR count). The first kappa shape index (κ1) is 26.0. The Labute approximate surface area is 217 Å². The lowest BCUT2D eigenvalue weighted by molar-refractivity contribution is -0.114. The summed E-state index contributed by atoms with van der Waals surface area (Å²) in [6.07, 6.45) is 3.34. The second kappa shape index (κ2) is 11.8. The Morgan fingerprint density at radius 2 is 1.81 bits per heavy atom. The maximum atomic E-state index is 13.5. The molecule has 0 saturated carbocycles. The van der Waals surface area contributed by atoms with E-state index in [1.807, 2.05) is 62.6 Å². The maximum absolute atomic E-state index is 13.5. The quantitative estimate of drug-likeness (QED) is 0.289. The number of rotatable bonds is 10. The average molecular weight is 500 g/mol. The monoisotopic (exact) mass is 499 g/mol. The van der Waals surface area contributed by atoms with E-state index in [-0.39, 0.29) is 18.4 Å². The number of anilines is 1. The van der Waals surface area contributed by atoms with E-state index in [4.69, 9.17) is 4.74 Å². The van der Waals surface area contributed by atoms with Gasteiger partial charge in [-0.25, -0.2) is 0 Å². The molecule has 0 radical (unpaired) electrons. The largest absolute Gasteiger partial charge is 0.493 e. The van der Waals surface area contributed by atoms with Crippen LogP contribution < -0.4 is 15.4 Å². The van der Waals surface area contributed by atoms with Crippen molar-refractivity contribution in [2.75, 3.05) is 18.5 Å². The molecule has 0 spiro atoms. The number of benzene rings is 3. The summed E-state index contributed by atoms with van der Waals surface area (Å²) in [6.45, 7) is 3.76. The van der Waals surface area contributed by atoms with Crippen molar-refractivity contribution in [1.82, 2.24) is 9.88 Å². The van der Waals surface area contributed by atoms with Crippen molar-refractivity contribution in [2.45, 2.75) is 32.7 Å². The number of carbonyl (C=O) groups is 2. The molecule has 0 fully saturated rings. The number of aryl methyl sites for hydroxylation is 1. The molecule has 37 heavy (non-hydrogen) atoms. The molecular formula is C30H33N3O4. The molecule has 0 aliphatic carbocycles. The Hall–Kier alpha value is -4.10. The van der Waals surface area contributed by atoms with E-state index in [1.165, 1.54) is 6.92 Å². The number of amides is 2. The van der Waals surface area contributed by atoms with Gasteiger partial charge in [-0.3, -0.25) is 9.59 Å². The highest BCUT2D eigenvalue weighted by Crippen LogP contribution is 2.29. The Morgan fingerprint density at radius 3 is 2.57 bits per heavy atom. The standard InChI is InChI=1S/C30H33N3O4/c1-4-14-37-29-13-12-22(21-8-7-9-24(15-21)31-20(2)35)17-27(29)30(36)32-25(19-34)16-23-18-33(3)28-11-6-5-10-26(23)28/h5-13,15,17-18,25,34H,4,14,16,19H2,1-3H3,(H,31,35)(H,32,36)/t25-/m1/s1. The minimum absolute atomic E-state index is 0.151. The van der Waals surface area contributed by atoms with Crippen LogP contribution in [-0.2, 0) is 18.3 Å². The van der Waals surface area contributed by atoms with Gasteiger partial charge in [0.1, 0.15) is 5.75 Å². The predicted octanol–water partition coefficient (Wildman–Crippen LogP) is 4.93. The second-order valence-electron chi connectivity index (χ2n) is 9.16. The van der Waals surface area contributed by atoms with Crippen molar-refractivity contribution in [3.8, 4) is 16.9 Å². The van der Waals surface area contributed by atoms with Crippen molar-refractivity contribution < 1.29 is 19.4 Å². The molecule has 2 amide bonds. The summed E-state index contributed by atoms with van der Waals surface area (Å²) in [5.74, 6) is 0.0231. The van der Waals surface area contributed by atoms with Gasteiger partial charge in [-0.1, -0.05) is 43.3 Å². The van der Waals surface area contributed by atoms with Gasteiger partial charge in [0, 0.05) is 36.8 Å². The van der Waals surface area contributed by atoms with Gasteiger partial charge in [-0.2, -0.15) is 0 Å². The van der Waals surface area contributed by atoms with E-state index < -0.39 is 6.04 Å². The first-order valence-corrected chi connectivity index (χ1v) is 12.5. The molecule has 0 aliphatic rings. The number of para-hydroxylation sites is 1. The zero-order valence-electron chi connectivity index (χ0n) is 21.5. The van der Waals surface area contributed by atoms with Crippen LogP contribution >= 0.6 is 0 Å². The Morgan fingerprint density at radius 1 is 1.03 bits per heavy atom. The zero-order valence-corrected chi connectivity index (χ0v) is 21.5. The smallest absolute Gasteiger partial charge is 0.255 e. The fourth-order valence-corrected chi connectivity index (χ4v) is 4.48. The molecule has 1 heterocycles. The third-order valence-corrected chi connectivity index (χ3v) is 6.20. The van der Waals surface area contributed by atoms with Gasteiger partial charge >= 0.3 is 0 Å². The van der Waals surface area contributed by atoms with Gasteiger partial charge in [0.25, 0.3) is 5.91 Å². The molecule has 4 aromatic rings. The number of ether oxygens (including phenoxy) is 1. The van der Waals surface area contributed by atoms with Gasteiger partial charge < -0.3 is 25.0 Å². The summed E-state index contributed by atoms with van der Waals surface area (Å²) in [6, 6.07) is 20.6. The van der Waals surface area contributed by atoms with E-state index in [0.29, 0.717) is 30.0 Å². The number of nitrogens with zero attached hydrogens (tertiary/aromatic N) is 1.